The van der Waals surface area contributed by atoms with Crippen LogP contribution >= 0.6 is 0 Å². The van der Waals surface area contributed by atoms with Crippen molar-refractivity contribution in [1.29, 1.82) is 0 Å². The molecule has 0 fully saturated rings. The molecule has 1 aliphatic rings. The van der Waals surface area contributed by atoms with Gasteiger partial charge >= 0.3 is 5.69 Å². The number of nitrogens with zero attached hydrogens (tertiary/aromatic N) is 4. The molecule has 1 aliphatic heterocycles. The van der Waals surface area contributed by atoms with E-state index in [1.165, 1.54) is 5.56 Å². The fourth-order valence-corrected chi connectivity index (χ4v) is 3.28. The van der Waals surface area contributed by atoms with Crippen molar-refractivity contribution in [2.45, 2.75) is 26.3 Å². The average molecular weight is 316 g/mol. The van der Waals surface area contributed by atoms with E-state index in [-0.39, 0.29) is 10.6 Å². The van der Waals surface area contributed by atoms with Crippen LogP contribution in [0.25, 0.3) is 0 Å². The predicted octanol–water partition coefficient (Wildman–Crippen LogP) is 2.46. The molecule has 2 aromatic rings. The summed E-state index contributed by atoms with van der Waals surface area (Å²) >= 11 is 0. The van der Waals surface area contributed by atoms with E-state index in [0.29, 0.717) is 31.0 Å². The molecule has 122 valence electrons. The van der Waals surface area contributed by atoms with Gasteiger partial charge in [0.1, 0.15) is 11.4 Å². The zero-order valence-corrected chi connectivity index (χ0v) is 13.6. The molecule has 0 unspecified atom stereocenters. The number of hydrogen-bond acceptors (Lipinski definition) is 5. The highest BCUT2D eigenvalue weighted by Gasteiger charge is 2.31. The lowest BCUT2D eigenvalue weighted by molar-refractivity contribution is -0.384. The number of fused-ring (bicyclic) bond motifs is 1. The SMILES string of the molecule is CCc1nn(C)c(N2CCc3c(cccc3OC)C2)c1[N+](=O)[O-]. The average Bonchev–Trinajstić information content (AvgIpc) is 2.90. The normalized spacial score (nSPS) is 13.8. The maximum absolute atomic E-state index is 11.5. The summed E-state index contributed by atoms with van der Waals surface area (Å²) in [6.07, 6.45) is 1.34. The Morgan fingerprint density at radius 2 is 2.22 bits per heavy atom. The number of ether oxygens (including phenoxy) is 1. The molecule has 0 amide bonds. The van der Waals surface area contributed by atoms with Gasteiger partial charge in [0.2, 0.25) is 5.82 Å². The highest BCUT2D eigenvalue weighted by atomic mass is 16.6. The summed E-state index contributed by atoms with van der Waals surface area (Å²) in [5, 5.41) is 15.8. The van der Waals surface area contributed by atoms with Gasteiger partial charge in [-0.1, -0.05) is 19.1 Å². The molecule has 0 bridgehead atoms. The number of nitro groups is 1. The van der Waals surface area contributed by atoms with Crippen LogP contribution in [0.3, 0.4) is 0 Å². The second-order valence-electron chi connectivity index (χ2n) is 5.62. The molecular weight excluding hydrogens is 296 g/mol. The summed E-state index contributed by atoms with van der Waals surface area (Å²) in [5.41, 5.74) is 2.99. The Labute approximate surface area is 134 Å². The minimum Gasteiger partial charge on any atom is -0.496 e. The lowest BCUT2D eigenvalue weighted by Gasteiger charge is -2.30. The third-order valence-electron chi connectivity index (χ3n) is 4.32. The van der Waals surface area contributed by atoms with Crippen LogP contribution in [0.5, 0.6) is 5.75 Å². The highest BCUT2D eigenvalue weighted by Crippen LogP contribution is 2.36. The maximum atomic E-state index is 11.5. The second kappa shape index (κ2) is 5.91. The third kappa shape index (κ3) is 2.52. The van der Waals surface area contributed by atoms with Gasteiger partial charge in [0, 0.05) is 25.7 Å². The first-order chi connectivity index (χ1) is 11.1. The number of hydrogen-bond donors (Lipinski definition) is 0. The van der Waals surface area contributed by atoms with Crippen molar-refractivity contribution in [2.75, 3.05) is 18.6 Å². The van der Waals surface area contributed by atoms with E-state index >= 15 is 0 Å². The zero-order valence-electron chi connectivity index (χ0n) is 13.6. The topological polar surface area (TPSA) is 73.4 Å². The van der Waals surface area contributed by atoms with Crippen LogP contribution < -0.4 is 9.64 Å². The molecule has 7 heteroatoms. The van der Waals surface area contributed by atoms with Gasteiger partial charge in [-0.15, -0.1) is 0 Å². The molecule has 0 saturated carbocycles. The number of benzene rings is 1. The third-order valence-corrected chi connectivity index (χ3v) is 4.32. The minimum absolute atomic E-state index is 0.126. The van der Waals surface area contributed by atoms with E-state index in [1.54, 1.807) is 18.8 Å². The number of methoxy groups -OCH3 is 1. The summed E-state index contributed by atoms with van der Waals surface area (Å²) in [6, 6.07) is 5.96. The number of aromatic nitrogens is 2. The predicted molar refractivity (Wildman–Crippen MR) is 87.0 cm³/mol. The smallest absolute Gasteiger partial charge is 0.334 e. The Bertz CT molecular complexity index is 754. The lowest BCUT2D eigenvalue weighted by Crippen LogP contribution is -2.32. The van der Waals surface area contributed by atoms with Crippen molar-refractivity contribution in [3.8, 4) is 5.75 Å². The van der Waals surface area contributed by atoms with Crippen LogP contribution in [0.2, 0.25) is 0 Å². The fourth-order valence-electron chi connectivity index (χ4n) is 3.28. The number of anilines is 1. The van der Waals surface area contributed by atoms with E-state index in [4.69, 9.17) is 4.74 Å². The van der Waals surface area contributed by atoms with Crippen molar-refractivity contribution < 1.29 is 9.66 Å². The van der Waals surface area contributed by atoms with Gasteiger partial charge in [0.15, 0.2) is 0 Å². The molecule has 23 heavy (non-hydrogen) atoms. The van der Waals surface area contributed by atoms with Gasteiger partial charge in [-0.3, -0.25) is 10.1 Å². The largest absolute Gasteiger partial charge is 0.496 e. The first kappa shape index (κ1) is 15.3. The highest BCUT2D eigenvalue weighted by molar-refractivity contribution is 5.63. The first-order valence-electron chi connectivity index (χ1n) is 7.66. The van der Waals surface area contributed by atoms with Crippen molar-refractivity contribution >= 4 is 11.5 Å². The standard InChI is InChI=1S/C16H20N4O3/c1-4-13-15(20(21)22)16(18(2)17-13)19-9-8-12-11(10-19)6-5-7-14(12)23-3/h5-7H,4,8-10H2,1-3H3. The minimum atomic E-state index is -0.317. The van der Waals surface area contributed by atoms with Crippen molar-refractivity contribution in [2.24, 2.45) is 7.05 Å². The van der Waals surface area contributed by atoms with Crippen LogP contribution in [-0.2, 0) is 26.4 Å². The zero-order chi connectivity index (χ0) is 16.6. The van der Waals surface area contributed by atoms with Gasteiger partial charge in [0.25, 0.3) is 0 Å². The van der Waals surface area contributed by atoms with Gasteiger partial charge in [-0.2, -0.15) is 5.10 Å². The molecule has 0 radical (unpaired) electrons. The Balaban J connectivity index is 2.02. The molecule has 0 atom stereocenters. The van der Waals surface area contributed by atoms with E-state index in [1.807, 2.05) is 30.0 Å². The van der Waals surface area contributed by atoms with Gasteiger partial charge in [-0.05, 0) is 24.5 Å². The van der Waals surface area contributed by atoms with E-state index in [0.717, 1.165) is 17.7 Å². The number of aryl methyl sites for hydroxylation is 2. The molecule has 3 rings (SSSR count). The summed E-state index contributed by atoms with van der Waals surface area (Å²) in [5.74, 6) is 1.47. The quantitative estimate of drug-likeness (QED) is 0.640. The van der Waals surface area contributed by atoms with E-state index in [2.05, 4.69) is 5.10 Å². The molecule has 1 aromatic heterocycles. The fraction of sp³-hybridized carbons (Fsp3) is 0.438. The van der Waals surface area contributed by atoms with Gasteiger partial charge < -0.3 is 9.64 Å². The summed E-state index contributed by atoms with van der Waals surface area (Å²) < 4.78 is 7.04. The molecule has 7 nitrogen and oxygen atoms in total. The Morgan fingerprint density at radius 1 is 1.43 bits per heavy atom. The van der Waals surface area contributed by atoms with Crippen molar-refractivity contribution in [1.82, 2.24) is 9.78 Å². The molecule has 0 saturated heterocycles. The van der Waals surface area contributed by atoms with Crippen LogP contribution in [0.15, 0.2) is 18.2 Å². The molecule has 1 aromatic carbocycles. The first-order valence-corrected chi connectivity index (χ1v) is 7.66. The van der Waals surface area contributed by atoms with Crippen molar-refractivity contribution in [3.63, 3.8) is 0 Å². The maximum Gasteiger partial charge on any atom is 0.334 e. The monoisotopic (exact) mass is 316 g/mol. The Morgan fingerprint density at radius 3 is 2.87 bits per heavy atom. The van der Waals surface area contributed by atoms with Gasteiger partial charge in [-0.25, -0.2) is 4.68 Å². The molecule has 0 N–H and O–H groups in total. The summed E-state index contributed by atoms with van der Waals surface area (Å²) in [4.78, 5) is 13.2. The molecule has 0 aliphatic carbocycles. The Kier molecular flexibility index (Phi) is 3.94. The summed E-state index contributed by atoms with van der Waals surface area (Å²) in [7, 11) is 3.43. The van der Waals surface area contributed by atoms with Crippen LogP contribution in [0, 0.1) is 10.1 Å². The van der Waals surface area contributed by atoms with E-state index < -0.39 is 0 Å². The van der Waals surface area contributed by atoms with Crippen molar-refractivity contribution in [3.05, 3.63) is 45.1 Å². The Hall–Kier alpha value is -2.57. The molecular formula is C16H20N4O3. The van der Waals surface area contributed by atoms with Crippen LogP contribution in [0.4, 0.5) is 11.5 Å². The summed E-state index contributed by atoms with van der Waals surface area (Å²) in [6.45, 7) is 3.21. The second-order valence-corrected chi connectivity index (χ2v) is 5.62. The van der Waals surface area contributed by atoms with Gasteiger partial charge in [0.05, 0.1) is 12.0 Å². The van der Waals surface area contributed by atoms with Crippen LogP contribution in [0.1, 0.15) is 23.7 Å². The van der Waals surface area contributed by atoms with E-state index in [9.17, 15) is 10.1 Å². The lowest BCUT2D eigenvalue weighted by atomic mass is 9.98. The van der Waals surface area contributed by atoms with Crippen LogP contribution in [-0.4, -0.2) is 28.4 Å². The molecule has 0 spiro atoms. The number of rotatable bonds is 4. The molecule has 2 heterocycles.